The molecule has 0 atom stereocenters. The molecule has 0 spiro atoms. The normalized spacial score (nSPS) is 15.2. The van der Waals surface area contributed by atoms with Crippen LogP contribution in [-0.4, -0.2) is 54.3 Å². The van der Waals surface area contributed by atoms with Crippen LogP contribution in [0.1, 0.15) is 0 Å². The first kappa shape index (κ1) is 17.4. The van der Waals surface area contributed by atoms with Gasteiger partial charge in [-0.15, -0.1) is 0 Å². The van der Waals surface area contributed by atoms with Crippen molar-refractivity contribution in [1.82, 2.24) is 14.9 Å². The molecule has 1 aromatic heterocycles. The van der Waals surface area contributed by atoms with Gasteiger partial charge < -0.3 is 15.4 Å². The Balaban J connectivity index is 1.58. The van der Waals surface area contributed by atoms with E-state index in [0.29, 0.717) is 12.4 Å². The third kappa shape index (κ3) is 4.58. The summed E-state index contributed by atoms with van der Waals surface area (Å²) >= 11 is 0. The van der Waals surface area contributed by atoms with Gasteiger partial charge in [-0.2, -0.15) is 4.98 Å². The number of nitrogens with zero attached hydrogens (tertiary/aromatic N) is 3. The van der Waals surface area contributed by atoms with E-state index in [1.807, 2.05) is 0 Å². The summed E-state index contributed by atoms with van der Waals surface area (Å²) in [5, 5.41) is 5.70. The first-order valence-corrected chi connectivity index (χ1v) is 7.91. The van der Waals surface area contributed by atoms with Crippen LogP contribution in [0.15, 0.2) is 24.4 Å². The maximum atomic E-state index is 13.7. The van der Waals surface area contributed by atoms with Gasteiger partial charge in [0.25, 0.3) is 0 Å². The first-order chi connectivity index (χ1) is 12.1. The molecule has 134 valence electrons. The minimum Gasteiger partial charge on any atom is -0.379 e. The average molecular weight is 353 g/mol. The smallest absolute Gasteiger partial charge is 0.229 e. The van der Waals surface area contributed by atoms with Gasteiger partial charge in [0.15, 0.2) is 17.5 Å². The fourth-order valence-corrected chi connectivity index (χ4v) is 2.43. The van der Waals surface area contributed by atoms with Crippen molar-refractivity contribution in [3.05, 3.63) is 41.8 Å². The Kier molecular flexibility index (Phi) is 5.67. The van der Waals surface area contributed by atoms with Crippen molar-refractivity contribution in [2.45, 2.75) is 0 Å². The predicted molar refractivity (Wildman–Crippen MR) is 87.4 cm³/mol. The number of morpholine rings is 1. The summed E-state index contributed by atoms with van der Waals surface area (Å²) < 4.78 is 45.2. The van der Waals surface area contributed by atoms with Crippen LogP contribution in [0.3, 0.4) is 0 Å². The molecule has 3 rings (SSSR count). The molecule has 2 aromatic rings. The Morgan fingerprint density at radius 1 is 1.08 bits per heavy atom. The number of anilines is 3. The Hall–Kier alpha value is -2.39. The van der Waals surface area contributed by atoms with Crippen LogP contribution in [0.5, 0.6) is 0 Å². The third-order valence-corrected chi connectivity index (χ3v) is 3.78. The molecule has 0 amide bonds. The predicted octanol–water partition coefficient (Wildman–Crippen LogP) is 2.38. The lowest BCUT2D eigenvalue weighted by Gasteiger charge is -2.26. The first-order valence-electron chi connectivity index (χ1n) is 7.91. The van der Waals surface area contributed by atoms with Crippen LogP contribution in [0.2, 0.25) is 0 Å². The molecule has 1 aliphatic heterocycles. The van der Waals surface area contributed by atoms with E-state index in [2.05, 4.69) is 25.5 Å². The molecule has 2 heterocycles. The maximum absolute atomic E-state index is 13.7. The fourth-order valence-electron chi connectivity index (χ4n) is 2.43. The van der Waals surface area contributed by atoms with Crippen LogP contribution in [0.25, 0.3) is 0 Å². The molecule has 25 heavy (non-hydrogen) atoms. The summed E-state index contributed by atoms with van der Waals surface area (Å²) in [6, 6.07) is 3.60. The van der Waals surface area contributed by atoms with Crippen LogP contribution >= 0.6 is 0 Å². The number of hydrogen-bond acceptors (Lipinski definition) is 6. The van der Waals surface area contributed by atoms with Crippen molar-refractivity contribution in [2.75, 3.05) is 50.0 Å². The SMILES string of the molecule is Fc1ccc(Nc2nccc(NCCN3CCOCC3)n2)c(F)c1F. The monoisotopic (exact) mass is 353 g/mol. The molecular formula is C16H18F3N5O. The number of nitrogens with one attached hydrogen (secondary N) is 2. The zero-order valence-corrected chi connectivity index (χ0v) is 13.4. The number of aromatic nitrogens is 2. The molecule has 0 saturated carbocycles. The summed E-state index contributed by atoms with van der Waals surface area (Å²) in [5.41, 5.74) is -0.232. The van der Waals surface area contributed by atoms with Crippen molar-refractivity contribution in [1.29, 1.82) is 0 Å². The standard InChI is InChI=1S/C16H18F3N5O/c17-11-1-2-12(15(19)14(11)18)22-16-21-4-3-13(23-16)20-5-6-24-7-9-25-10-8-24/h1-4H,5-10H2,(H2,20,21,22,23). The van der Waals surface area contributed by atoms with Crippen molar-refractivity contribution >= 4 is 17.5 Å². The highest BCUT2D eigenvalue weighted by Crippen LogP contribution is 2.22. The molecular weight excluding hydrogens is 335 g/mol. The van der Waals surface area contributed by atoms with Gasteiger partial charge in [-0.1, -0.05) is 0 Å². The summed E-state index contributed by atoms with van der Waals surface area (Å²) in [4.78, 5) is 10.4. The quantitative estimate of drug-likeness (QED) is 0.778. The molecule has 0 radical (unpaired) electrons. The largest absolute Gasteiger partial charge is 0.379 e. The molecule has 1 saturated heterocycles. The van der Waals surface area contributed by atoms with Crippen molar-refractivity contribution in [3.8, 4) is 0 Å². The van der Waals surface area contributed by atoms with Crippen molar-refractivity contribution in [2.24, 2.45) is 0 Å². The molecule has 1 fully saturated rings. The van der Waals surface area contributed by atoms with E-state index in [1.165, 1.54) is 6.20 Å². The van der Waals surface area contributed by atoms with Crippen LogP contribution in [-0.2, 0) is 4.74 Å². The van der Waals surface area contributed by atoms with Gasteiger partial charge in [0.05, 0.1) is 18.9 Å². The summed E-state index contributed by atoms with van der Waals surface area (Å²) in [7, 11) is 0. The fraction of sp³-hybridized carbons (Fsp3) is 0.375. The second-order valence-corrected chi connectivity index (χ2v) is 5.49. The van der Waals surface area contributed by atoms with Gasteiger partial charge >= 0.3 is 0 Å². The summed E-state index contributed by atoms with van der Waals surface area (Å²) in [5.74, 6) is -3.46. The topological polar surface area (TPSA) is 62.3 Å². The second-order valence-electron chi connectivity index (χ2n) is 5.49. The van der Waals surface area contributed by atoms with Crippen LogP contribution in [0.4, 0.5) is 30.6 Å². The number of benzene rings is 1. The van der Waals surface area contributed by atoms with E-state index in [0.717, 1.165) is 45.0 Å². The van der Waals surface area contributed by atoms with Gasteiger partial charge in [-0.25, -0.2) is 18.2 Å². The van der Waals surface area contributed by atoms with E-state index >= 15 is 0 Å². The van der Waals surface area contributed by atoms with E-state index < -0.39 is 17.5 Å². The third-order valence-electron chi connectivity index (χ3n) is 3.78. The second kappa shape index (κ2) is 8.13. The van der Waals surface area contributed by atoms with Crippen LogP contribution < -0.4 is 10.6 Å². The average Bonchev–Trinajstić information content (AvgIpc) is 2.64. The van der Waals surface area contributed by atoms with Crippen LogP contribution in [0, 0.1) is 17.5 Å². The van der Waals surface area contributed by atoms with E-state index in [1.54, 1.807) is 6.07 Å². The lowest BCUT2D eigenvalue weighted by Crippen LogP contribution is -2.39. The van der Waals surface area contributed by atoms with Gasteiger partial charge in [0.2, 0.25) is 5.95 Å². The Labute approximate surface area is 143 Å². The number of hydrogen-bond donors (Lipinski definition) is 2. The molecule has 0 aliphatic carbocycles. The Morgan fingerprint density at radius 2 is 1.88 bits per heavy atom. The molecule has 1 aromatic carbocycles. The highest BCUT2D eigenvalue weighted by Gasteiger charge is 2.14. The summed E-state index contributed by atoms with van der Waals surface area (Å²) in [6.07, 6.45) is 1.49. The number of halogens is 3. The van der Waals surface area contributed by atoms with E-state index in [-0.39, 0.29) is 11.6 Å². The van der Waals surface area contributed by atoms with Crippen molar-refractivity contribution < 1.29 is 17.9 Å². The lowest BCUT2D eigenvalue weighted by molar-refractivity contribution is 0.0398. The maximum Gasteiger partial charge on any atom is 0.229 e. The molecule has 1 aliphatic rings. The lowest BCUT2D eigenvalue weighted by atomic mass is 10.3. The Morgan fingerprint density at radius 3 is 2.68 bits per heavy atom. The zero-order valence-electron chi connectivity index (χ0n) is 13.4. The molecule has 0 unspecified atom stereocenters. The van der Waals surface area contributed by atoms with E-state index in [4.69, 9.17) is 4.74 Å². The van der Waals surface area contributed by atoms with E-state index in [9.17, 15) is 13.2 Å². The van der Waals surface area contributed by atoms with Gasteiger partial charge in [-0.05, 0) is 18.2 Å². The zero-order chi connectivity index (χ0) is 17.6. The van der Waals surface area contributed by atoms with Crippen molar-refractivity contribution in [3.63, 3.8) is 0 Å². The molecule has 9 heteroatoms. The Bertz CT molecular complexity index is 725. The molecule has 0 bridgehead atoms. The number of ether oxygens (including phenoxy) is 1. The highest BCUT2D eigenvalue weighted by molar-refractivity contribution is 5.55. The van der Waals surface area contributed by atoms with Gasteiger partial charge in [0, 0.05) is 32.4 Å². The van der Waals surface area contributed by atoms with Gasteiger partial charge in [0.1, 0.15) is 5.82 Å². The molecule has 6 nitrogen and oxygen atoms in total. The van der Waals surface area contributed by atoms with Gasteiger partial charge in [-0.3, -0.25) is 4.90 Å². The minimum absolute atomic E-state index is 0.0845. The minimum atomic E-state index is -1.54. The summed E-state index contributed by atoms with van der Waals surface area (Å²) in [6.45, 7) is 4.79. The number of rotatable bonds is 6. The molecule has 2 N–H and O–H groups in total. The highest BCUT2D eigenvalue weighted by atomic mass is 19.2.